The van der Waals surface area contributed by atoms with Crippen LogP contribution in [0.5, 0.6) is 5.75 Å². The number of carboxylic acid groups (broad SMARTS) is 1. The first kappa shape index (κ1) is 18.6. The number of carbonyl (C=O) groups is 2. The second kappa shape index (κ2) is 7.19. The summed E-state index contributed by atoms with van der Waals surface area (Å²) in [6.45, 7) is -3.06. The van der Waals surface area contributed by atoms with E-state index in [9.17, 15) is 28.6 Å². The van der Waals surface area contributed by atoms with E-state index >= 15 is 0 Å². The lowest BCUT2D eigenvalue weighted by Gasteiger charge is -2.43. The molecule has 142 valence electrons. The average molecular weight is 369 g/mol. The fourth-order valence-electron chi connectivity index (χ4n) is 3.60. The summed E-state index contributed by atoms with van der Waals surface area (Å²) in [5, 5.41) is 20.1. The van der Waals surface area contributed by atoms with Crippen molar-refractivity contribution < 1.29 is 33.3 Å². The number of aliphatic carboxylic acids is 1. The molecule has 0 unspecified atom stereocenters. The molecular weight excluding hydrogens is 348 g/mol. The Bertz CT molecular complexity index is 694. The summed E-state index contributed by atoms with van der Waals surface area (Å²) in [5.74, 6) is -1.71. The van der Waals surface area contributed by atoms with Crippen LogP contribution in [0.25, 0.3) is 0 Å². The van der Waals surface area contributed by atoms with Gasteiger partial charge in [-0.3, -0.25) is 9.59 Å². The molecule has 2 aliphatic rings. The largest absolute Gasteiger partial charge is 0.481 e. The second-order valence-electron chi connectivity index (χ2n) is 7.01. The molecule has 26 heavy (non-hydrogen) atoms. The molecule has 8 heteroatoms. The number of alkyl halides is 2. The Morgan fingerprint density at radius 2 is 1.96 bits per heavy atom. The third-order valence-corrected chi connectivity index (χ3v) is 5.18. The van der Waals surface area contributed by atoms with Crippen molar-refractivity contribution in [2.24, 2.45) is 11.3 Å². The zero-order chi connectivity index (χ0) is 18.9. The lowest BCUT2D eigenvalue weighted by molar-refractivity contribution is -0.163. The van der Waals surface area contributed by atoms with E-state index in [1.54, 1.807) is 0 Å². The van der Waals surface area contributed by atoms with Gasteiger partial charge in [0.1, 0.15) is 11.2 Å². The minimum Gasteiger partial charge on any atom is -0.481 e. The highest BCUT2D eigenvalue weighted by Gasteiger charge is 2.52. The number of benzene rings is 1. The Kier molecular flexibility index (Phi) is 5.13. The molecule has 2 N–H and O–H groups in total. The van der Waals surface area contributed by atoms with Crippen molar-refractivity contribution in [2.45, 2.75) is 38.4 Å². The molecule has 0 spiro atoms. The van der Waals surface area contributed by atoms with Gasteiger partial charge >= 0.3 is 12.6 Å². The number of piperidine rings is 1. The van der Waals surface area contributed by atoms with Gasteiger partial charge in [0.05, 0.1) is 11.7 Å². The van der Waals surface area contributed by atoms with Gasteiger partial charge < -0.3 is 19.8 Å². The van der Waals surface area contributed by atoms with Crippen LogP contribution < -0.4 is 4.74 Å². The summed E-state index contributed by atoms with van der Waals surface area (Å²) in [7, 11) is 0. The normalized spacial score (nSPS) is 26.0. The van der Waals surface area contributed by atoms with E-state index in [0.29, 0.717) is 6.42 Å². The maximum absolute atomic E-state index is 12.8. The quantitative estimate of drug-likeness (QED) is 0.804. The fourth-order valence-corrected chi connectivity index (χ4v) is 3.60. The van der Waals surface area contributed by atoms with Gasteiger partial charge in [-0.15, -0.1) is 0 Å². The zero-order valence-electron chi connectivity index (χ0n) is 14.1. The highest BCUT2D eigenvalue weighted by atomic mass is 19.3. The molecule has 1 amide bonds. The Balaban J connectivity index is 1.85. The molecule has 0 bridgehead atoms. The topological polar surface area (TPSA) is 87.1 Å². The van der Waals surface area contributed by atoms with Crippen LogP contribution in [0.2, 0.25) is 0 Å². The van der Waals surface area contributed by atoms with Gasteiger partial charge in [0.15, 0.2) is 0 Å². The smallest absolute Gasteiger partial charge is 0.387 e. The number of aliphatic hydroxyl groups excluding tert-OH is 1. The van der Waals surface area contributed by atoms with Gasteiger partial charge in [-0.05, 0) is 30.9 Å². The summed E-state index contributed by atoms with van der Waals surface area (Å²) >= 11 is 0. The molecule has 1 saturated heterocycles. The van der Waals surface area contributed by atoms with Crippen LogP contribution in [0.3, 0.4) is 0 Å². The predicted molar refractivity (Wildman–Crippen MR) is 87.0 cm³/mol. The molecule has 1 aromatic carbocycles. The summed E-state index contributed by atoms with van der Waals surface area (Å²) < 4.78 is 29.6. The van der Waals surface area contributed by atoms with Crippen LogP contribution >= 0.6 is 0 Å². The third kappa shape index (κ3) is 3.65. The number of para-hydroxylation sites is 1. The van der Waals surface area contributed by atoms with E-state index < -0.39 is 30.0 Å². The maximum atomic E-state index is 12.8. The zero-order valence-corrected chi connectivity index (χ0v) is 14.1. The molecule has 1 aliphatic heterocycles. The standard InChI is InChI=1S/C18H21F2NO5/c19-17(20)26-13-4-2-1-3-12(13)15(23)21-8-7-14(22)18(10-21,16(24)25)9-11-5-6-11/h1-4,11,14,17,22H,5-10H2,(H,24,25)/t14-,18+/m0/s1. The van der Waals surface area contributed by atoms with Gasteiger partial charge in [-0.2, -0.15) is 8.78 Å². The van der Waals surface area contributed by atoms with Crippen LogP contribution in [0.15, 0.2) is 24.3 Å². The van der Waals surface area contributed by atoms with Crippen LogP contribution in [0, 0.1) is 11.3 Å². The Hall–Kier alpha value is -2.22. The molecule has 0 aromatic heterocycles. The van der Waals surface area contributed by atoms with Crippen LogP contribution in [-0.4, -0.2) is 52.8 Å². The number of ether oxygens (including phenoxy) is 1. The second-order valence-corrected chi connectivity index (χ2v) is 7.01. The van der Waals surface area contributed by atoms with Crippen LogP contribution in [-0.2, 0) is 4.79 Å². The number of amides is 1. The van der Waals surface area contributed by atoms with Gasteiger partial charge in [-0.1, -0.05) is 25.0 Å². The van der Waals surface area contributed by atoms with Crippen molar-refractivity contribution >= 4 is 11.9 Å². The lowest BCUT2D eigenvalue weighted by atomic mass is 9.73. The SMILES string of the molecule is O=C(c1ccccc1OC(F)F)N1CC[C@H](O)[C@](CC2CC2)(C(=O)O)C1. The summed E-state index contributed by atoms with van der Waals surface area (Å²) in [4.78, 5) is 26.1. The highest BCUT2D eigenvalue weighted by Crippen LogP contribution is 2.45. The van der Waals surface area contributed by atoms with Crippen molar-refractivity contribution in [1.29, 1.82) is 0 Å². The summed E-state index contributed by atoms with van der Waals surface area (Å²) in [5.41, 5.74) is -1.47. The van der Waals surface area contributed by atoms with Crippen molar-refractivity contribution in [2.75, 3.05) is 13.1 Å². The van der Waals surface area contributed by atoms with Crippen molar-refractivity contribution in [3.63, 3.8) is 0 Å². The number of nitrogens with zero attached hydrogens (tertiary/aromatic N) is 1. The number of aliphatic hydroxyl groups is 1. The van der Waals surface area contributed by atoms with Crippen LogP contribution in [0.4, 0.5) is 8.78 Å². The molecule has 1 saturated carbocycles. The third-order valence-electron chi connectivity index (χ3n) is 5.18. The average Bonchev–Trinajstić information content (AvgIpc) is 3.40. The maximum Gasteiger partial charge on any atom is 0.387 e. The molecule has 1 aromatic rings. The number of carboxylic acids is 1. The van der Waals surface area contributed by atoms with Crippen molar-refractivity contribution in [3.8, 4) is 5.75 Å². The summed E-state index contributed by atoms with van der Waals surface area (Å²) in [6, 6.07) is 5.64. The van der Waals surface area contributed by atoms with E-state index in [-0.39, 0.29) is 36.7 Å². The van der Waals surface area contributed by atoms with Gasteiger partial charge in [0, 0.05) is 13.1 Å². The predicted octanol–water partition coefficient (Wildman–Crippen LogP) is 2.37. The highest BCUT2D eigenvalue weighted by molar-refractivity contribution is 5.97. The minimum atomic E-state index is -3.07. The Morgan fingerprint density at radius 1 is 1.27 bits per heavy atom. The molecule has 3 rings (SSSR count). The minimum absolute atomic E-state index is 0.0464. The molecule has 1 heterocycles. The van der Waals surface area contributed by atoms with Gasteiger partial charge in [0.25, 0.3) is 5.91 Å². The molecule has 2 fully saturated rings. The number of likely N-dealkylation sites (tertiary alicyclic amines) is 1. The number of carbonyl (C=O) groups excluding carboxylic acids is 1. The number of hydrogen-bond donors (Lipinski definition) is 2. The Labute approximate surface area is 149 Å². The first-order valence-electron chi connectivity index (χ1n) is 8.58. The van der Waals surface area contributed by atoms with Crippen molar-refractivity contribution in [3.05, 3.63) is 29.8 Å². The Morgan fingerprint density at radius 3 is 2.58 bits per heavy atom. The van der Waals surface area contributed by atoms with Gasteiger partial charge in [-0.25, -0.2) is 0 Å². The van der Waals surface area contributed by atoms with E-state index in [2.05, 4.69) is 4.74 Å². The number of hydrogen-bond acceptors (Lipinski definition) is 4. The summed E-state index contributed by atoms with van der Waals surface area (Å²) in [6.07, 6.45) is 1.23. The van der Waals surface area contributed by atoms with E-state index in [1.807, 2.05) is 0 Å². The van der Waals surface area contributed by atoms with Crippen LogP contribution in [0.1, 0.15) is 36.0 Å². The van der Waals surface area contributed by atoms with E-state index in [4.69, 9.17) is 0 Å². The monoisotopic (exact) mass is 369 g/mol. The molecule has 0 radical (unpaired) electrons. The number of halogens is 2. The molecule has 1 aliphatic carbocycles. The first-order chi connectivity index (χ1) is 12.3. The lowest BCUT2D eigenvalue weighted by Crippen LogP contribution is -2.57. The van der Waals surface area contributed by atoms with Gasteiger partial charge in [0.2, 0.25) is 0 Å². The van der Waals surface area contributed by atoms with E-state index in [0.717, 1.165) is 12.8 Å². The first-order valence-corrected chi connectivity index (χ1v) is 8.58. The fraction of sp³-hybridized carbons (Fsp3) is 0.556. The molecule has 6 nitrogen and oxygen atoms in total. The molecule has 2 atom stereocenters. The molecular formula is C18H21F2NO5. The van der Waals surface area contributed by atoms with Crippen molar-refractivity contribution in [1.82, 2.24) is 4.90 Å². The number of rotatable bonds is 6. The van der Waals surface area contributed by atoms with E-state index in [1.165, 1.54) is 29.2 Å².